The van der Waals surface area contributed by atoms with Crippen LogP contribution in [0.1, 0.15) is 10.4 Å². The van der Waals surface area contributed by atoms with Gasteiger partial charge in [0.05, 0.1) is 16.5 Å². The summed E-state index contributed by atoms with van der Waals surface area (Å²) in [7, 11) is 1.50. The van der Waals surface area contributed by atoms with Crippen LogP contribution in [-0.2, 0) is 4.79 Å². The molecule has 0 fully saturated rings. The number of hydrogen-bond acceptors (Lipinski definition) is 6. The summed E-state index contributed by atoms with van der Waals surface area (Å²) in [4.78, 5) is 39.1. The van der Waals surface area contributed by atoms with Crippen molar-refractivity contribution >= 4 is 34.4 Å². The van der Waals surface area contributed by atoms with E-state index in [1.54, 1.807) is 42.5 Å². The number of aromatic nitrogens is 3. The van der Waals surface area contributed by atoms with Gasteiger partial charge in [0.1, 0.15) is 22.8 Å². The normalized spacial score (nSPS) is 10.4. The van der Waals surface area contributed by atoms with Crippen LogP contribution in [0.25, 0.3) is 27.8 Å². The molecule has 4 N–H and O–H groups in total. The van der Waals surface area contributed by atoms with Gasteiger partial charge < -0.3 is 20.8 Å². The van der Waals surface area contributed by atoms with Crippen LogP contribution in [0, 0.1) is 0 Å². The number of nitrogens with one attached hydrogen (secondary N) is 2. The molecule has 1 amide bonds. The first-order valence-corrected chi connectivity index (χ1v) is 11.0. The van der Waals surface area contributed by atoms with E-state index in [4.69, 9.17) is 4.74 Å². The molecule has 0 saturated heterocycles. The number of benzene rings is 3. The highest BCUT2D eigenvalue weighted by Gasteiger charge is 2.18. The molecule has 0 spiro atoms. The molecular weight excluding hydrogens is 458 g/mol. The number of nitrogens with two attached hydrogens (primary N) is 1. The standard InChI is InChI=1S/C26H18N4O4.CH5N/c1-2-23(32)27-17-10-13-22-20(14-17)26(33)28-25-21(15-31)24(29-30(22)25)16-8-11-19(12-9-16)34-18-6-4-3-5-7-18;1-2/h2-15H,1H2,(H,27,32)(H,28,33);2H2,1H3. The van der Waals surface area contributed by atoms with E-state index >= 15 is 0 Å². The Kier molecular flexibility index (Phi) is 7.03. The van der Waals surface area contributed by atoms with E-state index in [0.717, 1.165) is 6.08 Å². The number of ether oxygens (including phenoxy) is 1. The number of rotatable bonds is 6. The van der Waals surface area contributed by atoms with Crippen molar-refractivity contribution < 1.29 is 14.3 Å². The van der Waals surface area contributed by atoms with Crippen LogP contribution in [0.5, 0.6) is 11.5 Å². The molecule has 0 aliphatic heterocycles. The zero-order valence-corrected chi connectivity index (χ0v) is 19.4. The fraction of sp³-hybridized carbons (Fsp3) is 0.0370. The molecule has 5 rings (SSSR count). The number of carbonyl (C=O) groups excluding carboxylic acids is 2. The Labute approximate surface area is 205 Å². The molecule has 0 aliphatic rings. The maximum atomic E-state index is 12.8. The fourth-order valence-electron chi connectivity index (χ4n) is 3.70. The largest absolute Gasteiger partial charge is 0.457 e. The van der Waals surface area contributed by atoms with Gasteiger partial charge in [-0.1, -0.05) is 24.8 Å². The number of amides is 1. The minimum absolute atomic E-state index is 0.264. The van der Waals surface area contributed by atoms with Crippen molar-refractivity contribution in [1.82, 2.24) is 14.6 Å². The molecule has 5 aromatic rings. The fourth-order valence-corrected chi connectivity index (χ4v) is 3.70. The predicted octanol–water partition coefficient (Wildman–Crippen LogP) is 4.15. The van der Waals surface area contributed by atoms with E-state index in [-0.39, 0.29) is 17.1 Å². The van der Waals surface area contributed by atoms with E-state index < -0.39 is 5.56 Å². The van der Waals surface area contributed by atoms with Crippen molar-refractivity contribution in [3.05, 3.63) is 101 Å². The minimum atomic E-state index is -0.404. The summed E-state index contributed by atoms with van der Waals surface area (Å²) in [6.07, 6.45) is 1.82. The maximum absolute atomic E-state index is 12.8. The first-order chi connectivity index (χ1) is 17.6. The molecule has 9 nitrogen and oxygen atoms in total. The average Bonchev–Trinajstić information content (AvgIpc) is 3.29. The van der Waals surface area contributed by atoms with Crippen molar-refractivity contribution in [3.8, 4) is 22.8 Å². The van der Waals surface area contributed by atoms with Crippen molar-refractivity contribution in [3.63, 3.8) is 0 Å². The summed E-state index contributed by atoms with van der Waals surface area (Å²) in [6.45, 7) is 3.42. The topological polar surface area (TPSA) is 132 Å². The molecule has 180 valence electrons. The van der Waals surface area contributed by atoms with Crippen molar-refractivity contribution in [2.24, 2.45) is 5.73 Å². The van der Waals surface area contributed by atoms with Gasteiger partial charge in [-0.05, 0) is 67.7 Å². The first kappa shape index (κ1) is 24.1. The number of H-pyrrole nitrogens is 1. The van der Waals surface area contributed by atoms with Crippen LogP contribution in [0.4, 0.5) is 5.69 Å². The quantitative estimate of drug-likeness (QED) is 0.247. The van der Waals surface area contributed by atoms with E-state index in [2.05, 4.69) is 27.7 Å². The van der Waals surface area contributed by atoms with Gasteiger partial charge >= 0.3 is 0 Å². The third-order valence-corrected chi connectivity index (χ3v) is 5.30. The van der Waals surface area contributed by atoms with Crippen molar-refractivity contribution in [2.45, 2.75) is 0 Å². The van der Waals surface area contributed by atoms with E-state index in [1.165, 1.54) is 11.6 Å². The Morgan fingerprint density at radius 3 is 2.42 bits per heavy atom. The number of hydrogen-bond donors (Lipinski definition) is 3. The summed E-state index contributed by atoms with van der Waals surface area (Å²) in [6, 6.07) is 21.4. The average molecular weight is 482 g/mol. The van der Waals surface area contributed by atoms with Gasteiger partial charge in [0.25, 0.3) is 5.56 Å². The second-order valence-electron chi connectivity index (χ2n) is 7.46. The Bertz CT molecular complexity index is 1620. The lowest BCUT2D eigenvalue weighted by Crippen LogP contribution is -2.12. The van der Waals surface area contributed by atoms with Crippen molar-refractivity contribution in [1.29, 1.82) is 0 Å². The van der Waals surface area contributed by atoms with E-state index in [9.17, 15) is 14.4 Å². The van der Waals surface area contributed by atoms with E-state index in [1.807, 2.05) is 30.3 Å². The van der Waals surface area contributed by atoms with Crippen LogP contribution in [0.15, 0.2) is 90.2 Å². The summed E-state index contributed by atoms with van der Waals surface area (Å²) < 4.78 is 7.34. The van der Waals surface area contributed by atoms with Crippen LogP contribution in [-0.4, -0.2) is 33.8 Å². The van der Waals surface area contributed by atoms with Crippen LogP contribution in [0.2, 0.25) is 0 Å². The molecule has 2 aromatic heterocycles. The second-order valence-corrected chi connectivity index (χ2v) is 7.46. The van der Waals surface area contributed by atoms with Gasteiger partial charge in [-0.15, -0.1) is 0 Å². The Morgan fingerprint density at radius 2 is 1.75 bits per heavy atom. The molecule has 36 heavy (non-hydrogen) atoms. The lowest BCUT2D eigenvalue weighted by molar-refractivity contribution is -0.111. The molecule has 0 saturated carbocycles. The van der Waals surface area contributed by atoms with Crippen LogP contribution in [0.3, 0.4) is 0 Å². The van der Waals surface area contributed by atoms with Gasteiger partial charge in [0.15, 0.2) is 6.29 Å². The second kappa shape index (κ2) is 10.5. The number of nitrogens with zero attached hydrogens (tertiary/aromatic N) is 2. The number of anilines is 1. The highest BCUT2D eigenvalue weighted by molar-refractivity contribution is 6.01. The lowest BCUT2D eigenvalue weighted by Gasteiger charge is -2.06. The van der Waals surface area contributed by atoms with Gasteiger partial charge in [0.2, 0.25) is 5.91 Å². The molecule has 0 unspecified atom stereocenters. The number of carbonyl (C=O) groups is 2. The number of aromatic amines is 1. The number of fused-ring (bicyclic) bond motifs is 3. The predicted molar refractivity (Wildman–Crippen MR) is 140 cm³/mol. The summed E-state index contributed by atoms with van der Waals surface area (Å²) >= 11 is 0. The van der Waals surface area contributed by atoms with Crippen LogP contribution >= 0.6 is 0 Å². The minimum Gasteiger partial charge on any atom is -0.457 e. The SMILES string of the molecule is C=CC(=O)Nc1ccc2c(c1)c(=O)[nH]c1c(C=O)c(-c3ccc(Oc4ccccc4)cc3)nn12.CN. The molecular formula is C27H23N5O4. The molecule has 0 atom stereocenters. The zero-order chi connectivity index (χ0) is 25.7. The van der Waals surface area contributed by atoms with Gasteiger partial charge in [0, 0.05) is 11.3 Å². The molecule has 3 aromatic carbocycles. The van der Waals surface area contributed by atoms with Gasteiger partial charge in [-0.25, -0.2) is 4.52 Å². The summed E-state index contributed by atoms with van der Waals surface area (Å²) in [5.41, 5.74) is 6.70. The monoisotopic (exact) mass is 481 g/mol. The molecule has 2 heterocycles. The zero-order valence-electron chi connectivity index (χ0n) is 19.4. The number of aldehydes is 1. The third-order valence-electron chi connectivity index (χ3n) is 5.30. The van der Waals surface area contributed by atoms with Gasteiger partial charge in [-0.2, -0.15) is 5.10 Å². The molecule has 9 heteroatoms. The highest BCUT2D eigenvalue weighted by Crippen LogP contribution is 2.29. The summed E-state index contributed by atoms with van der Waals surface area (Å²) in [5.74, 6) is 0.963. The Morgan fingerprint density at radius 1 is 1.06 bits per heavy atom. The summed E-state index contributed by atoms with van der Waals surface area (Å²) in [5, 5.41) is 7.55. The van der Waals surface area contributed by atoms with Crippen molar-refractivity contribution in [2.75, 3.05) is 12.4 Å². The van der Waals surface area contributed by atoms with Crippen LogP contribution < -0.4 is 21.3 Å². The first-order valence-electron chi connectivity index (χ1n) is 11.0. The molecule has 0 aliphatic carbocycles. The Balaban J connectivity index is 0.00000148. The lowest BCUT2D eigenvalue weighted by atomic mass is 10.1. The third kappa shape index (κ3) is 4.63. The molecule has 0 bridgehead atoms. The molecule has 0 radical (unpaired) electrons. The number of para-hydroxylation sites is 1. The highest BCUT2D eigenvalue weighted by atomic mass is 16.5. The van der Waals surface area contributed by atoms with Gasteiger partial charge in [-0.3, -0.25) is 14.4 Å². The smallest absolute Gasteiger partial charge is 0.259 e. The van der Waals surface area contributed by atoms with E-state index in [0.29, 0.717) is 45.6 Å². The maximum Gasteiger partial charge on any atom is 0.259 e. The Hall–Kier alpha value is -5.02.